The molecule has 2 unspecified atom stereocenters. The lowest BCUT2D eigenvalue weighted by Gasteiger charge is -2.49. The number of nitrogens with one attached hydrogen (secondary N) is 2. The fourth-order valence-electron chi connectivity index (χ4n) is 4.41. The average Bonchev–Trinajstić information content (AvgIpc) is 3.05. The summed E-state index contributed by atoms with van der Waals surface area (Å²) in [7, 11) is 0. The molecule has 2 atom stereocenters. The smallest absolute Gasteiger partial charge is 0.419 e. The van der Waals surface area contributed by atoms with E-state index >= 15 is 0 Å². The van der Waals surface area contributed by atoms with Gasteiger partial charge in [-0.15, -0.1) is 0 Å². The number of H-pyrrole nitrogens is 1. The Labute approximate surface area is 163 Å². The Hall–Kier alpha value is -2.81. The first-order valence-corrected chi connectivity index (χ1v) is 8.95. The van der Waals surface area contributed by atoms with Crippen LogP contribution in [0.5, 0.6) is 5.75 Å². The van der Waals surface area contributed by atoms with E-state index < -0.39 is 41.2 Å². The lowest BCUT2D eigenvalue weighted by molar-refractivity contribution is -0.276. The Morgan fingerprint density at radius 2 is 1.97 bits per heavy atom. The Morgan fingerprint density at radius 1 is 1.24 bits per heavy atom. The third kappa shape index (κ3) is 2.91. The molecule has 0 amide bonds. The summed E-state index contributed by atoms with van der Waals surface area (Å²) < 4.78 is 56.4. The number of hydrogen-bond donors (Lipinski definition) is 4. The Balaban J connectivity index is 1.96. The van der Waals surface area contributed by atoms with Gasteiger partial charge in [0.25, 0.3) is 0 Å². The number of fused-ring (bicyclic) bond motifs is 2. The summed E-state index contributed by atoms with van der Waals surface area (Å²) in [6, 6.07) is 4.92. The van der Waals surface area contributed by atoms with E-state index in [4.69, 9.17) is 0 Å². The van der Waals surface area contributed by atoms with E-state index in [-0.39, 0.29) is 11.1 Å². The third-order valence-electron chi connectivity index (χ3n) is 5.57. The molecule has 0 radical (unpaired) electrons. The molecule has 2 aromatic carbocycles. The second-order valence-electron chi connectivity index (χ2n) is 8.09. The first-order valence-electron chi connectivity index (χ1n) is 8.95. The maximum atomic E-state index is 14.1. The zero-order valence-electron chi connectivity index (χ0n) is 15.6. The van der Waals surface area contributed by atoms with Gasteiger partial charge < -0.3 is 15.5 Å². The normalized spacial score (nSPS) is 23.8. The van der Waals surface area contributed by atoms with Crippen LogP contribution in [0.3, 0.4) is 0 Å². The standard InChI is InChI=1S/C20H19F4N3O2/c1-18(2)9-19(29,20(22,23)24)17(11-6-10(21)7-15(28)16(11)18)26-13-4-3-5-14-12(13)8-25-27-14/h3-8,17,26,28-29H,9H2,1-2H3,(H,25,27). The molecule has 0 spiro atoms. The van der Waals surface area contributed by atoms with E-state index in [9.17, 15) is 27.8 Å². The highest BCUT2D eigenvalue weighted by Crippen LogP contribution is 2.56. The van der Waals surface area contributed by atoms with Crippen LogP contribution in [-0.2, 0) is 5.41 Å². The molecule has 3 aromatic rings. The van der Waals surface area contributed by atoms with Crippen molar-refractivity contribution in [1.29, 1.82) is 0 Å². The van der Waals surface area contributed by atoms with Crippen LogP contribution >= 0.6 is 0 Å². The van der Waals surface area contributed by atoms with Gasteiger partial charge in [-0.1, -0.05) is 19.9 Å². The van der Waals surface area contributed by atoms with Crippen molar-refractivity contribution in [1.82, 2.24) is 10.2 Å². The highest BCUT2D eigenvalue weighted by molar-refractivity contribution is 5.91. The van der Waals surface area contributed by atoms with Crippen LogP contribution in [0.4, 0.5) is 23.2 Å². The Bertz CT molecular complexity index is 1090. The van der Waals surface area contributed by atoms with Gasteiger partial charge in [-0.25, -0.2) is 4.39 Å². The third-order valence-corrected chi connectivity index (χ3v) is 5.57. The topological polar surface area (TPSA) is 81.2 Å². The molecule has 0 saturated heterocycles. The number of rotatable bonds is 2. The minimum atomic E-state index is -5.01. The van der Waals surface area contributed by atoms with E-state index in [0.717, 1.165) is 12.1 Å². The Kier molecular flexibility index (Phi) is 4.10. The highest BCUT2D eigenvalue weighted by atomic mass is 19.4. The summed E-state index contributed by atoms with van der Waals surface area (Å²) in [4.78, 5) is 0. The van der Waals surface area contributed by atoms with Crippen molar-refractivity contribution in [2.24, 2.45) is 0 Å². The Morgan fingerprint density at radius 3 is 2.66 bits per heavy atom. The molecule has 1 aliphatic rings. The fraction of sp³-hybridized carbons (Fsp3) is 0.350. The van der Waals surface area contributed by atoms with Gasteiger partial charge in [0.05, 0.1) is 17.8 Å². The van der Waals surface area contributed by atoms with Crippen molar-refractivity contribution >= 4 is 16.6 Å². The number of alkyl halides is 3. The van der Waals surface area contributed by atoms with E-state index in [2.05, 4.69) is 15.5 Å². The van der Waals surface area contributed by atoms with Crippen LogP contribution in [0.15, 0.2) is 36.5 Å². The first-order chi connectivity index (χ1) is 13.4. The number of halogens is 4. The minimum Gasteiger partial charge on any atom is -0.508 e. The molecule has 9 heteroatoms. The molecule has 1 aromatic heterocycles. The number of benzene rings is 2. The summed E-state index contributed by atoms with van der Waals surface area (Å²) in [6.45, 7) is 2.96. The molecule has 0 aliphatic heterocycles. The van der Waals surface area contributed by atoms with Crippen molar-refractivity contribution in [3.05, 3.63) is 53.5 Å². The van der Waals surface area contributed by atoms with E-state index in [0.29, 0.717) is 16.6 Å². The predicted octanol–water partition coefficient (Wildman–Crippen LogP) is 4.54. The molecular weight excluding hydrogens is 390 g/mol. The van der Waals surface area contributed by atoms with Crippen LogP contribution in [-0.4, -0.2) is 32.2 Å². The number of aromatic hydroxyl groups is 1. The van der Waals surface area contributed by atoms with Gasteiger partial charge in [-0.2, -0.15) is 18.3 Å². The van der Waals surface area contributed by atoms with Crippen LogP contribution in [0, 0.1) is 5.82 Å². The molecule has 1 aliphatic carbocycles. The summed E-state index contributed by atoms with van der Waals surface area (Å²) >= 11 is 0. The minimum absolute atomic E-state index is 0.140. The molecule has 0 bridgehead atoms. The van der Waals surface area contributed by atoms with E-state index in [1.807, 2.05) is 0 Å². The van der Waals surface area contributed by atoms with Gasteiger partial charge in [-0.05, 0) is 35.6 Å². The maximum absolute atomic E-state index is 14.1. The van der Waals surface area contributed by atoms with Crippen LogP contribution in [0.1, 0.15) is 37.4 Å². The fourth-order valence-corrected chi connectivity index (χ4v) is 4.41. The molecule has 29 heavy (non-hydrogen) atoms. The first kappa shape index (κ1) is 19.5. The van der Waals surface area contributed by atoms with Gasteiger partial charge in [0, 0.05) is 22.7 Å². The van der Waals surface area contributed by atoms with Crippen LogP contribution in [0.25, 0.3) is 10.9 Å². The SMILES string of the molecule is CC1(C)CC(O)(C(F)(F)F)C(Nc2cccc3[nH]ncc23)c2cc(F)cc(O)c21. The summed E-state index contributed by atoms with van der Waals surface area (Å²) in [5.74, 6) is -1.33. The van der Waals surface area contributed by atoms with E-state index in [1.54, 1.807) is 18.2 Å². The van der Waals surface area contributed by atoms with Gasteiger partial charge in [0.15, 0.2) is 5.60 Å². The monoisotopic (exact) mass is 409 g/mol. The van der Waals surface area contributed by atoms with Crippen molar-refractivity contribution in [3.8, 4) is 5.75 Å². The number of aromatic amines is 1. The van der Waals surface area contributed by atoms with Crippen LogP contribution in [0.2, 0.25) is 0 Å². The second kappa shape index (κ2) is 6.09. The van der Waals surface area contributed by atoms with Crippen molar-refractivity contribution in [2.45, 2.75) is 43.5 Å². The molecule has 0 fully saturated rings. The van der Waals surface area contributed by atoms with Gasteiger partial charge in [-0.3, -0.25) is 5.10 Å². The molecule has 4 N–H and O–H groups in total. The number of nitrogens with zero attached hydrogens (tertiary/aromatic N) is 1. The van der Waals surface area contributed by atoms with E-state index in [1.165, 1.54) is 20.0 Å². The average molecular weight is 409 g/mol. The van der Waals surface area contributed by atoms with Gasteiger partial charge >= 0.3 is 6.18 Å². The molecule has 4 rings (SSSR count). The molecule has 5 nitrogen and oxygen atoms in total. The summed E-state index contributed by atoms with van der Waals surface area (Å²) in [6.07, 6.45) is -4.28. The second-order valence-corrected chi connectivity index (χ2v) is 8.09. The number of phenols is 1. The largest absolute Gasteiger partial charge is 0.508 e. The number of anilines is 1. The summed E-state index contributed by atoms with van der Waals surface area (Å²) in [5.41, 5.74) is -3.54. The predicted molar refractivity (Wildman–Crippen MR) is 99.2 cm³/mol. The van der Waals surface area contributed by atoms with Crippen molar-refractivity contribution in [2.75, 3.05) is 5.32 Å². The molecule has 154 valence electrons. The molecule has 1 heterocycles. The number of aromatic nitrogens is 2. The zero-order chi connectivity index (χ0) is 21.2. The quantitative estimate of drug-likeness (QED) is 0.469. The van der Waals surface area contributed by atoms with Crippen LogP contribution < -0.4 is 5.32 Å². The van der Waals surface area contributed by atoms with Gasteiger partial charge in [0.2, 0.25) is 0 Å². The lowest BCUT2D eigenvalue weighted by Crippen LogP contribution is -2.58. The highest BCUT2D eigenvalue weighted by Gasteiger charge is 2.64. The van der Waals surface area contributed by atoms with Crippen molar-refractivity contribution in [3.63, 3.8) is 0 Å². The summed E-state index contributed by atoms with van der Waals surface area (Å²) in [5, 5.41) is 31.1. The molecular formula is C20H19F4N3O2. The maximum Gasteiger partial charge on any atom is 0.419 e. The lowest BCUT2D eigenvalue weighted by atomic mass is 9.63. The van der Waals surface area contributed by atoms with Crippen molar-refractivity contribution < 1.29 is 27.8 Å². The molecule has 0 saturated carbocycles. The van der Waals surface area contributed by atoms with Gasteiger partial charge in [0.1, 0.15) is 11.6 Å². The number of aliphatic hydroxyl groups is 1. The zero-order valence-corrected chi connectivity index (χ0v) is 15.6. The number of hydrogen-bond acceptors (Lipinski definition) is 4. The number of phenolic OH excluding ortho intramolecular Hbond substituents is 1.